The average molecular weight is 367 g/mol. The van der Waals surface area contributed by atoms with Crippen molar-refractivity contribution in [2.45, 2.75) is 34.2 Å². The van der Waals surface area contributed by atoms with Crippen LogP contribution < -0.4 is 4.80 Å². The second kappa shape index (κ2) is 7.25. The van der Waals surface area contributed by atoms with Crippen LogP contribution in [-0.2, 0) is 6.54 Å². The van der Waals surface area contributed by atoms with E-state index in [0.29, 0.717) is 0 Å². The summed E-state index contributed by atoms with van der Waals surface area (Å²) < 4.78 is 2.10. The lowest BCUT2D eigenvalue weighted by atomic mass is 10.1. The number of thiazole rings is 1. The largest absolute Gasteiger partial charge is 0.317 e. The highest BCUT2D eigenvalue weighted by molar-refractivity contribution is 7.07. The van der Waals surface area contributed by atoms with Crippen LogP contribution in [0.5, 0.6) is 0 Å². The molecule has 3 aromatic rings. The molecule has 0 spiro atoms. The molecule has 0 saturated carbocycles. The predicted molar refractivity (Wildman–Crippen MR) is 106 cm³/mol. The van der Waals surface area contributed by atoms with Crippen molar-refractivity contribution in [1.29, 1.82) is 0 Å². The molecule has 26 heavy (non-hydrogen) atoms. The Morgan fingerprint density at radius 2 is 1.85 bits per heavy atom. The minimum Gasteiger partial charge on any atom is -0.317 e. The highest BCUT2D eigenvalue weighted by atomic mass is 32.1. The van der Waals surface area contributed by atoms with Gasteiger partial charge < -0.3 is 4.57 Å². The lowest BCUT2D eigenvalue weighted by molar-refractivity contribution is -0.384. The molecule has 0 saturated heterocycles. The van der Waals surface area contributed by atoms with Crippen LogP contribution in [0.4, 0.5) is 11.4 Å². The fourth-order valence-electron chi connectivity index (χ4n) is 3.18. The summed E-state index contributed by atoms with van der Waals surface area (Å²) in [6, 6.07) is 11.0. The molecule has 0 N–H and O–H groups in total. The molecule has 0 aliphatic rings. The summed E-state index contributed by atoms with van der Waals surface area (Å²) in [5.74, 6) is 0. The maximum Gasteiger partial charge on any atom is 0.270 e. The van der Waals surface area contributed by atoms with Crippen molar-refractivity contribution in [3.8, 4) is 11.3 Å². The van der Waals surface area contributed by atoms with Crippen LogP contribution in [-0.4, -0.2) is 9.49 Å². The third kappa shape index (κ3) is 3.46. The second-order valence-electron chi connectivity index (χ2n) is 6.31. The minimum absolute atomic E-state index is 0.0973. The van der Waals surface area contributed by atoms with E-state index in [0.717, 1.165) is 39.4 Å². The molecule has 0 bridgehead atoms. The van der Waals surface area contributed by atoms with Gasteiger partial charge in [0.25, 0.3) is 5.69 Å². The molecular weight excluding hydrogens is 346 g/mol. The van der Waals surface area contributed by atoms with Gasteiger partial charge in [-0.2, -0.15) is 0 Å². The third-order valence-corrected chi connectivity index (χ3v) is 5.17. The van der Waals surface area contributed by atoms with E-state index < -0.39 is 0 Å². The van der Waals surface area contributed by atoms with Crippen molar-refractivity contribution in [3.05, 3.63) is 73.4 Å². The molecule has 1 heterocycles. The highest BCUT2D eigenvalue weighted by Gasteiger charge is 2.12. The van der Waals surface area contributed by atoms with Gasteiger partial charge in [0.05, 0.1) is 16.3 Å². The average Bonchev–Trinajstić information content (AvgIpc) is 3.00. The van der Waals surface area contributed by atoms with Gasteiger partial charge in [-0.25, -0.2) is 4.99 Å². The number of non-ortho nitro benzene ring substituents is 1. The van der Waals surface area contributed by atoms with E-state index in [1.165, 1.54) is 11.6 Å². The van der Waals surface area contributed by atoms with Gasteiger partial charge >= 0.3 is 0 Å². The summed E-state index contributed by atoms with van der Waals surface area (Å²) in [4.78, 5) is 16.5. The number of hydrogen-bond donors (Lipinski definition) is 0. The predicted octanol–water partition coefficient (Wildman–Crippen LogP) is 5.30. The monoisotopic (exact) mass is 367 g/mol. The number of aryl methyl sites for hydroxylation is 3. The molecule has 1 aromatic heterocycles. The topological polar surface area (TPSA) is 60.4 Å². The summed E-state index contributed by atoms with van der Waals surface area (Å²) in [6.07, 6.45) is 0. The summed E-state index contributed by atoms with van der Waals surface area (Å²) >= 11 is 1.55. The SMILES string of the molecule is CCn1c(-c2cccc([N+](=O)[O-])c2)csc1=Nc1c(C)cc(C)cc1C. The van der Waals surface area contributed by atoms with Crippen LogP contribution in [0.15, 0.2) is 46.8 Å². The van der Waals surface area contributed by atoms with Gasteiger partial charge in [0.2, 0.25) is 0 Å². The first kappa shape index (κ1) is 18.1. The van der Waals surface area contributed by atoms with E-state index in [9.17, 15) is 10.1 Å². The Labute approximate surface area is 156 Å². The lowest BCUT2D eigenvalue weighted by Crippen LogP contribution is -2.14. The van der Waals surface area contributed by atoms with Gasteiger partial charge in [-0.1, -0.05) is 29.8 Å². The van der Waals surface area contributed by atoms with Gasteiger partial charge in [0, 0.05) is 29.6 Å². The van der Waals surface area contributed by atoms with Crippen LogP contribution in [0.1, 0.15) is 23.6 Å². The van der Waals surface area contributed by atoms with E-state index in [1.54, 1.807) is 23.5 Å². The number of benzene rings is 2. The minimum atomic E-state index is -0.365. The van der Waals surface area contributed by atoms with Crippen LogP contribution in [0.2, 0.25) is 0 Å². The van der Waals surface area contributed by atoms with Gasteiger partial charge in [0.1, 0.15) is 0 Å². The molecule has 0 radical (unpaired) electrons. The molecule has 6 heteroatoms. The molecule has 2 aromatic carbocycles. The van der Waals surface area contributed by atoms with E-state index in [-0.39, 0.29) is 10.6 Å². The first-order valence-electron chi connectivity index (χ1n) is 8.46. The molecule has 0 aliphatic heterocycles. The van der Waals surface area contributed by atoms with Gasteiger partial charge in [-0.15, -0.1) is 11.3 Å². The van der Waals surface area contributed by atoms with Gasteiger partial charge in [-0.05, 0) is 38.8 Å². The van der Waals surface area contributed by atoms with Crippen LogP contribution >= 0.6 is 11.3 Å². The van der Waals surface area contributed by atoms with Gasteiger partial charge in [0.15, 0.2) is 4.80 Å². The molecule has 0 fully saturated rings. The zero-order valence-electron chi connectivity index (χ0n) is 15.3. The molecular formula is C20H21N3O2S. The zero-order chi connectivity index (χ0) is 18.8. The number of rotatable bonds is 4. The molecule has 0 amide bonds. The van der Waals surface area contributed by atoms with E-state index in [4.69, 9.17) is 4.99 Å². The van der Waals surface area contributed by atoms with Crippen molar-refractivity contribution in [2.24, 2.45) is 4.99 Å². The first-order chi connectivity index (χ1) is 12.4. The van der Waals surface area contributed by atoms with Crippen LogP contribution in [0.25, 0.3) is 11.3 Å². The number of nitro groups is 1. The summed E-state index contributed by atoms with van der Waals surface area (Å²) in [5, 5.41) is 13.1. The molecule has 3 rings (SSSR count). The Balaban J connectivity index is 2.16. The van der Waals surface area contributed by atoms with Gasteiger partial charge in [-0.3, -0.25) is 10.1 Å². The molecule has 5 nitrogen and oxygen atoms in total. The summed E-state index contributed by atoms with van der Waals surface area (Å²) in [6.45, 7) is 9.03. The standard InChI is InChI=1S/C20H21N3O2S/c1-5-22-18(16-7-6-8-17(11-16)23(24)25)12-26-20(22)21-19-14(3)9-13(2)10-15(19)4/h6-12H,5H2,1-4H3. The second-order valence-corrected chi connectivity index (χ2v) is 7.15. The van der Waals surface area contributed by atoms with E-state index in [1.807, 2.05) is 11.4 Å². The van der Waals surface area contributed by atoms with Crippen molar-refractivity contribution in [2.75, 3.05) is 0 Å². The quantitative estimate of drug-likeness (QED) is 0.464. The van der Waals surface area contributed by atoms with Crippen molar-refractivity contribution in [1.82, 2.24) is 4.57 Å². The number of aromatic nitrogens is 1. The Morgan fingerprint density at radius 1 is 1.15 bits per heavy atom. The van der Waals surface area contributed by atoms with Crippen molar-refractivity contribution in [3.63, 3.8) is 0 Å². The summed E-state index contributed by atoms with van der Waals surface area (Å²) in [5.41, 5.74) is 6.39. The Kier molecular flexibility index (Phi) is 5.04. The van der Waals surface area contributed by atoms with Crippen LogP contribution in [0.3, 0.4) is 0 Å². The fourth-order valence-corrected chi connectivity index (χ4v) is 4.16. The van der Waals surface area contributed by atoms with E-state index >= 15 is 0 Å². The number of nitro benzene ring substituents is 1. The van der Waals surface area contributed by atoms with E-state index in [2.05, 4.69) is 44.4 Å². The molecule has 134 valence electrons. The smallest absolute Gasteiger partial charge is 0.270 e. The molecule has 0 atom stereocenters. The zero-order valence-corrected chi connectivity index (χ0v) is 16.1. The molecule has 0 unspecified atom stereocenters. The van der Waals surface area contributed by atoms with Crippen LogP contribution in [0, 0.1) is 30.9 Å². The molecule has 0 aliphatic carbocycles. The maximum absolute atomic E-state index is 11.1. The number of nitrogens with zero attached hydrogens (tertiary/aromatic N) is 3. The highest BCUT2D eigenvalue weighted by Crippen LogP contribution is 2.27. The van der Waals surface area contributed by atoms with Crippen molar-refractivity contribution < 1.29 is 4.92 Å². The third-order valence-electron chi connectivity index (χ3n) is 4.31. The Hall–Kier alpha value is -2.73. The Morgan fingerprint density at radius 3 is 2.46 bits per heavy atom. The fraction of sp³-hybridized carbons (Fsp3) is 0.250. The summed E-state index contributed by atoms with van der Waals surface area (Å²) in [7, 11) is 0. The lowest BCUT2D eigenvalue weighted by Gasteiger charge is -2.08. The van der Waals surface area contributed by atoms with Crippen molar-refractivity contribution >= 4 is 22.7 Å². The Bertz CT molecular complexity index is 1020. The first-order valence-corrected chi connectivity index (χ1v) is 9.34. The normalized spacial score (nSPS) is 11.8. The number of hydrogen-bond acceptors (Lipinski definition) is 4. The maximum atomic E-state index is 11.1.